The minimum atomic E-state index is -1.46. The van der Waals surface area contributed by atoms with E-state index in [1.54, 1.807) is 25.6 Å². The molecule has 2 saturated heterocycles. The summed E-state index contributed by atoms with van der Waals surface area (Å²) in [5, 5.41) is 35.4. The summed E-state index contributed by atoms with van der Waals surface area (Å²) in [6, 6.07) is 10.4. The van der Waals surface area contributed by atoms with Crippen LogP contribution < -0.4 is 5.32 Å². The third-order valence-electron chi connectivity index (χ3n) is 8.98. The second-order valence-corrected chi connectivity index (χ2v) is 14.4. The lowest BCUT2D eigenvalue weighted by atomic mass is 9.92. The van der Waals surface area contributed by atoms with Crippen LogP contribution >= 0.6 is 23.5 Å². The van der Waals surface area contributed by atoms with Crippen LogP contribution in [0.25, 0.3) is 11.1 Å². The maximum atomic E-state index is 14.4. The van der Waals surface area contributed by atoms with Crippen LogP contribution in [0.3, 0.4) is 0 Å². The molecule has 2 aromatic rings. The van der Waals surface area contributed by atoms with Crippen molar-refractivity contribution in [1.82, 2.24) is 15.2 Å². The maximum Gasteiger partial charge on any atom is 0.307 e. The Kier molecular flexibility index (Phi) is 12.8. The van der Waals surface area contributed by atoms with Gasteiger partial charge < -0.3 is 34.8 Å². The number of aromatic nitrogens is 1. The number of hydrogen-bond donors (Lipinski definition) is 4. The van der Waals surface area contributed by atoms with E-state index in [1.165, 1.54) is 23.5 Å². The number of likely N-dealkylation sites (tertiary alicyclic amines) is 1. The van der Waals surface area contributed by atoms with Crippen molar-refractivity contribution in [3.63, 3.8) is 0 Å². The number of aliphatic hydroxyl groups excluding tert-OH is 3. The molecular weight excluding hydrogens is 643 g/mol. The van der Waals surface area contributed by atoms with Gasteiger partial charge in [-0.15, -0.1) is 23.5 Å². The van der Waals surface area contributed by atoms with Crippen LogP contribution in [0, 0.1) is 5.92 Å². The van der Waals surface area contributed by atoms with Crippen LogP contribution in [0.4, 0.5) is 0 Å². The topological polar surface area (TPSA) is 151 Å². The fourth-order valence-corrected chi connectivity index (χ4v) is 8.34. The maximum absolute atomic E-state index is 14.4. The van der Waals surface area contributed by atoms with Gasteiger partial charge in [0.25, 0.3) is 0 Å². The Morgan fingerprint density at radius 1 is 1.11 bits per heavy atom. The molecule has 0 radical (unpaired) electrons. The molecular formula is C34H45N3O8S2. The van der Waals surface area contributed by atoms with E-state index >= 15 is 0 Å². The molecule has 2 unspecified atom stereocenters. The predicted octanol–water partition coefficient (Wildman–Crippen LogP) is 2.48. The van der Waals surface area contributed by atoms with Gasteiger partial charge in [0, 0.05) is 41.5 Å². The Labute approximate surface area is 284 Å². The van der Waals surface area contributed by atoms with E-state index in [9.17, 15) is 24.9 Å². The summed E-state index contributed by atoms with van der Waals surface area (Å²) in [6.07, 6.45) is 4.56. The van der Waals surface area contributed by atoms with Crippen LogP contribution in [-0.2, 0) is 23.8 Å². The number of pyridine rings is 1. The minimum Gasteiger partial charge on any atom is -0.466 e. The fraction of sp³-hybridized carbons (Fsp3) is 0.559. The Morgan fingerprint density at radius 3 is 2.60 bits per heavy atom. The molecule has 1 amide bonds. The highest BCUT2D eigenvalue weighted by molar-refractivity contribution is 8.00. The smallest absolute Gasteiger partial charge is 0.307 e. The van der Waals surface area contributed by atoms with Crippen LogP contribution in [0.1, 0.15) is 26.7 Å². The van der Waals surface area contributed by atoms with E-state index in [0.717, 1.165) is 22.4 Å². The number of thioether (sulfide) groups is 2. The molecule has 3 aliphatic heterocycles. The highest BCUT2D eigenvalue weighted by atomic mass is 32.2. The SMILES string of the molecule is CCOC(=O)CCN1C[C@@H]2CC=CCO[C@H]2[C@H]1C(=O)N[C@H]([C@H](C)Sc1ccc(-c2cccnc2)cc1)[C@H]1OC(SC)[C@H](O)[C@H](O)C1O. The number of benzene rings is 1. The summed E-state index contributed by atoms with van der Waals surface area (Å²) >= 11 is 2.73. The second kappa shape index (κ2) is 16.8. The summed E-state index contributed by atoms with van der Waals surface area (Å²) in [6.45, 7) is 5.27. The largest absolute Gasteiger partial charge is 0.466 e. The van der Waals surface area contributed by atoms with E-state index < -0.39 is 48.0 Å². The molecule has 47 heavy (non-hydrogen) atoms. The van der Waals surface area contributed by atoms with Gasteiger partial charge in [-0.25, -0.2) is 0 Å². The number of esters is 1. The molecule has 2 fully saturated rings. The van der Waals surface area contributed by atoms with Crippen molar-refractivity contribution in [2.24, 2.45) is 5.92 Å². The lowest BCUT2D eigenvalue weighted by Crippen LogP contribution is -2.65. The molecule has 5 rings (SSSR count). The van der Waals surface area contributed by atoms with E-state index in [2.05, 4.69) is 16.4 Å². The number of allylic oxidation sites excluding steroid dienone is 1. The first kappa shape index (κ1) is 35.8. The summed E-state index contributed by atoms with van der Waals surface area (Å²) in [5.41, 5.74) is 1.21. The molecule has 11 nitrogen and oxygen atoms in total. The molecule has 10 atom stereocenters. The normalized spacial score (nSPS) is 30.6. The third-order valence-corrected chi connectivity index (χ3v) is 11.0. The minimum absolute atomic E-state index is 0.0598. The van der Waals surface area contributed by atoms with Crippen molar-refractivity contribution in [1.29, 1.82) is 0 Å². The first-order chi connectivity index (χ1) is 22.7. The first-order valence-corrected chi connectivity index (χ1v) is 18.2. The highest BCUT2D eigenvalue weighted by Gasteiger charge is 2.51. The molecule has 0 spiro atoms. The lowest BCUT2D eigenvalue weighted by Gasteiger charge is -2.45. The van der Waals surface area contributed by atoms with Gasteiger partial charge in [-0.05, 0) is 48.9 Å². The van der Waals surface area contributed by atoms with Gasteiger partial charge in [-0.2, -0.15) is 0 Å². The number of fused-ring (bicyclic) bond motifs is 1. The quantitative estimate of drug-likeness (QED) is 0.148. The fourth-order valence-electron chi connectivity index (χ4n) is 6.57. The average Bonchev–Trinajstić information content (AvgIpc) is 3.27. The predicted molar refractivity (Wildman–Crippen MR) is 181 cm³/mol. The summed E-state index contributed by atoms with van der Waals surface area (Å²) in [5.74, 6) is -0.583. The molecule has 4 heterocycles. The zero-order valence-corrected chi connectivity index (χ0v) is 28.5. The standard InChI is InChI=1S/C34H45N3O8S2/c1-4-43-25(38)14-16-37-19-23-8-5-6-17-44-31(23)27(37)33(42)36-26(32-29(40)28(39)30(41)34(45-32)46-3)20(2)47-24-12-10-21(11-13-24)22-9-7-15-35-18-22/h5-7,9-13,15,18,20,23,26-32,34,39-41H,4,8,14,16-17,19H2,1-3H3,(H,36,42)/t20-,23-,26+,27-,28+,29?,30+,31+,32+,34?/m0/s1. The number of nitrogens with one attached hydrogen (secondary N) is 1. The number of rotatable bonds is 12. The van der Waals surface area contributed by atoms with Crippen molar-refractivity contribution in [3.05, 3.63) is 60.9 Å². The van der Waals surface area contributed by atoms with Crippen molar-refractivity contribution in [2.75, 3.05) is 32.6 Å². The summed E-state index contributed by atoms with van der Waals surface area (Å²) in [7, 11) is 0. The Bertz CT molecular complexity index is 1350. The van der Waals surface area contributed by atoms with E-state index in [0.29, 0.717) is 19.7 Å². The Morgan fingerprint density at radius 2 is 1.89 bits per heavy atom. The number of ether oxygens (including phenoxy) is 3. The Hall–Kier alpha value is -2.49. The van der Waals surface area contributed by atoms with Crippen LogP contribution in [0.5, 0.6) is 0 Å². The lowest BCUT2D eigenvalue weighted by molar-refractivity contribution is -0.205. The number of nitrogens with zero attached hydrogens (tertiary/aromatic N) is 2. The van der Waals surface area contributed by atoms with Crippen LogP contribution in [0.2, 0.25) is 0 Å². The van der Waals surface area contributed by atoms with Gasteiger partial charge in [0.15, 0.2) is 0 Å². The zero-order chi connectivity index (χ0) is 33.5. The van der Waals surface area contributed by atoms with Crippen molar-refractivity contribution >= 4 is 35.4 Å². The summed E-state index contributed by atoms with van der Waals surface area (Å²) in [4.78, 5) is 33.7. The second-order valence-electron chi connectivity index (χ2n) is 12.1. The molecule has 0 saturated carbocycles. The van der Waals surface area contributed by atoms with Crippen molar-refractivity contribution in [2.45, 2.75) is 84.9 Å². The molecule has 3 aliphatic rings. The van der Waals surface area contributed by atoms with Gasteiger partial charge in [0.1, 0.15) is 35.9 Å². The molecule has 1 aromatic heterocycles. The molecule has 256 valence electrons. The zero-order valence-electron chi connectivity index (χ0n) is 26.9. The van der Waals surface area contributed by atoms with Crippen LogP contribution in [-0.4, -0.2) is 123 Å². The monoisotopic (exact) mass is 687 g/mol. The van der Waals surface area contributed by atoms with E-state index in [4.69, 9.17) is 14.2 Å². The number of carbonyl (C=O) groups excluding carboxylic acids is 2. The third kappa shape index (κ3) is 8.57. The van der Waals surface area contributed by atoms with E-state index in [-0.39, 0.29) is 36.1 Å². The number of aliphatic hydroxyl groups is 3. The van der Waals surface area contributed by atoms with Gasteiger partial charge in [-0.3, -0.25) is 19.5 Å². The Balaban J connectivity index is 1.40. The number of hydrogen-bond acceptors (Lipinski definition) is 12. The van der Waals surface area contributed by atoms with Gasteiger partial charge >= 0.3 is 5.97 Å². The molecule has 0 bridgehead atoms. The van der Waals surface area contributed by atoms with Crippen molar-refractivity contribution in [3.8, 4) is 11.1 Å². The highest BCUT2D eigenvalue weighted by Crippen LogP contribution is 2.36. The van der Waals surface area contributed by atoms with Gasteiger partial charge in [0.05, 0.1) is 31.8 Å². The molecule has 4 N–H and O–H groups in total. The van der Waals surface area contributed by atoms with Crippen molar-refractivity contribution < 1.29 is 39.1 Å². The first-order valence-electron chi connectivity index (χ1n) is 16.1. The number of carbonyl (C=O) groups is 2. The van der Waals surface area contributed by atoms with Crippen LogP contribution in [0.15, 0.2) is 65.8 Å². The molecule has 13 heteroatoms. The van der Waals surface area contributed by atoms with E-state index in [1.807, 2.05) is 54.3 Å². The molecule has 1 aromatic carbocycles. The average molecular weight is 688 g/mol. The molecule has 0 aliphatic carbocycles. The number of amides is 1. The van der Waals surface area contributed by atoms with Gasteiger partial charge in [-0.1, -0.05) is 37.3 Å². The summed E-state index contributed by atoms with van der Waals surface area (Å²) < 4.78 is 17.5. The van der Waals surface area contributed by atoms with Gasteiger partial charge in [0.2, 0.25) is 5.91 Å².